The number of carbonyl (C=O) groups is 2. The number of hydrogen-bond acceptors (Lipinski definition) is 7. The number of piperidine rings is 1. The maximum atomic E-state index is 13.0. The number of anilines is 3. The predicted molar refractivity (Wildman–Crippen MR) is 118 cm³/mol. The zero-order valence-electron chi connectivity index (χ0n) is 17.8. The molecule has 0 spiro atoms. The lowest BCUT2D eigenvalue weighted by Crippen LogP contribution is -2.46. The summed E-state index contributed by atoms with van der Waals surface area (Å²) in [6, 6.07) is 5.67. The molecule has 3 unspecified atom stereocenters. The molecule has 2 aromatic rings. The summed E-state index contributed by atoms with van der Waals surface area (Å²) in [6.07, 6.45) is 2.83. The van der Waals surface area contributed by atoms with Crippen molar-refractivity contribution < 1.29 is 14.5 Å². The number of amides is 2. The van der Waals surface area contributed by atoms with Crippen LogP contribution >= 0.6 is 0 Å². The number of carbonyl (C=O) groups excluding carboxylic acids is 2. The van der Waals surface area contributed by atoms with Gasteiger partial charge in [-0.2, -0.15) is 4.98 Å². The number of nitro groups is 1. The van der Waals surface area contributed by atoms with Crippen LogP contribution in [0.4, 0.5) is 23.1 Å². The summed E-state index contributed by atoms with van der Waals surface area (Å²) < 4.78 is 0. The van der Waals surface area contributed by atoms with E-state index in [1.807, 2.05) is 4.90 Å². The molecule has 11 heteroatoms. The third-order valence-electron chi connectivity index (χ3n) is 6.04. The van der Waals surface area contributed by atoms with Gasteiger partial charge < -0.3 is 15.5 Å². The summed E-state index contributed by atoms with van der Waals surface area (Å²) in [7, 11) is 0. The smallest absolute Gasteiger partial charge is 0.269 e. The molecule has 11 nitrogen and oxygen atoms in total. The van der Waals surface area contributed by atoms with Crippen LogP contribution < -0.4 is 21.1 Å². The van der Waals surface area contributed by atoms with E-state index in [1.54, 1.807) is 0 Å². The highest BCUT2D eigenvalue weighted by atomic mass is 16.6. The van der Waals surface area contributed by atoms with Crippen molar-refractivity contribution >= 4 is 35.0 Å². The van der Waals surface area contributed by atoms with Gasteiger partial charge in [0.15, 0.2) is 0 Å². The van der Waals surface area contributed by atoms with E-state index in [9.17, 15) is 24.5 Å². The molecular weight excluding hydrogens is 416 g/mol. The molecule has 0 bridgehead atoms. The Morgan fingerprint density at radius 2 is 1.84 bits per heavy atom. The van der Waals surface area contributed by atoms with Gasteiger partial charge in [0.25, 0.3) is 11.2 Å². The highest BCUT2D eigenvalue weighted by Crippen LogP contribution is 2.32. The van der Waals surface area contributed by atoms with Crippen molar-refractivity contribution in [1.82, 2.24) is 9.97 Å². The summed E-state index contributed by atoms with van der Waals surface area (Å²) in [5.41, 5.74) is -0.159. The Hall–Kier alpha value is -3.76. The predicted octanol–water partition coefficient (Wildman–Crippen LogP) is 2.51. The average Bonchev–Trinajstić information content (AvgIpc) is 2.73. The van der Waals surface area contributed by atoms with Crippen LogP contribution in [0.15, 0.2) is 29.1 Å². The van der Waals surface area contributed by atoms with Crippen molar-refractivity contribution in [1.29, 1.82) is 0 Å². The molecule has 3 N–H and O–H groups in total. The minimum Gasteiger partial charge on any atom is -0.337 e. The number of fused-ring (bicyclic) bond motifs is 1. The Morgan fingerprint density at radius 3 is 2.47 bits per heavy atom. The first-order chi connectivity index (χ1) is 15.2. The van der Waals surface area contributed by atoms with E-state index < -0.39 is 28.2 Å². The van der Waals surface area contributed by atoms with Gasteiger partial charge in [-0.1, -0.05) is 0 Å². The Balaban J connectivity index is 1.64. The molecule has 1 aromatic heterocycles. The van der Waals surface area contributed by atoms with Crippen molar-refractivity contribution in [3.63, 3.8) is 0 Å². The number of nitrogens with one attached hydrogen (secondary N) is 3. The number of H-pyrrole nitrogens is 1. The van der Waals surface area contributed by atoms with Crippen LogP contribution in [0.2, 0.25) is 0 Å². The molecule has 1 aromatic carbocycles. The molecule has 2 aliphatic heterocycles. The molecule has 168 valence electrons. The molecule has 1 fully saturated rings. The maximum Gasteiger partial charge on any atom is 0.269 e. The molecule has 32 heavy (non-hydrogen) atoms. The van der Waals surface area contributed by atoms with Crippen molar-refractivity contribution in [3.05, 3.63) is 50.3 Å². The fourth-order valence-electron chi connectivity index (χ4n) is 4.44. The van der Waals surface area contributed by atoms with Gasteiger partial charge in [-0.3, -0.25) is 29.5 Å². The average molecular weight is 440 g/mol. The molecule has 0 aliphatic carbocycles. The minimum atomic E-state index is -1.03. The first kappa shape index (κ1) is 21.5. The molecule has 2 amide bonds. The van der Waals surface area contributed by atoms with Gasteiger partial charge >= 0.3 is 0 Å². The highest BCUT2D eigenvalue weighted by molar-refractivity contribution is 6.04. The number of non-ortho nitro benzene ring substituents is 1. The third kappa shape index (κ3) is 4.05. The first-order valence-corrected chi connectivity index (χ1v) is 10.5. The molecule has 4 rings (SSSR count). The topological polar surface area (TPSA) is 150 Å². The van der Waals surface area contributed by atoms with E-state index in [-0.39, 0.29) is 35.6 Å². The van der Waals surface area contributed by atoms with Gasteiger partial charge in [0.05, 0.1) is 16.4 Å². The quantitative estimate of drug-likeness (QED) is 0.488. The van der Waals surface area contributed by atoms with Crippen LogP contribution in [0, 0.1) is 10.1 Å². The van der Waals surface area contributed by atoms with Crippen molar-refractivity contribution in [3.8, 4) is 0 Å². The lowest BCUT2D eigenvalue weighted by atomic mass is 9.92. The second kappa shape index (κ2) is 8.40. The molecule has 3 heterocycles. The summed E-state index contributed by atoms with van der Waals surface area (Å²) >= 11 is 0. The normalized spacial score (nSPS) is 22.6. The van der Waals surface area contributed by atoms with Gasteiger partial charge in [0.1, 0.15) is 5.82 Å². The summed E-state index contributed by atoms with van der Waals surface area (Å²) in [5, 5.41) is 16.1. The standard InChI is InChI=1S/C21H24N6O5/c1-11-4-3-5-12(2)26(11)21-24-18-17(20(30)25-21)15(10-16(28)23-18)19(29)22-13-6-8-14(9-7-13)27(31)32/h6-9,11-12,15H,3-5,10H2,1-2H3,(H,22,29)(H2,23,24,25,28,30). The van der Waals surface area contributed by atoms with Crippen LogP contribution in [0.5, 0.6) is 0 Å². The Labute approximate surface area is 183 Å². The number of benzene rings is 1. The monoisotopic (exact) mass is 440 g/mol. The van der Waals surface area contributed by atoms with Crippen LogP contribution in [0.1, 0.15) is 51.0 Å². The Kier molecular flexibility index (Phi) is 5.64. The van der Waals surface area contributed by atoms with E-state index in [2.05, 4.69) is 34.4 Å². The Morgan fingerprint density at radius 1 is 1.19 bits per heavy atom. The van der Waals surface area contributed by atoms with Gasteiger partial charge in [-0.05, 0) is 45.2 Å². The SMILES string of the molecule is CC1CCCC(C)N1c1nc2c(c(=O)[nH]1)C(C(=O)Nc1ccc([N+](=O)[O-])cc1)CC(=O)N2. The van der Waals surface area contributed by atoms with E-state index in [0.29, 0.717) is 11.6 Å². The van der Waals surface area contributed by atoms with Gasteiger partial charge in [0.2, 0.25) is 17.8 Å². The highest BCUT2D eigenvalue weighted by Gasteiger charge is 2.36. The van der Waals surface area contributed by atoms with E-state index in [4.69, 9.17) is 0 Å². The van der Waals surface area contributed by atoms with Crippen molar-refractivity contribution in [2.45, 2.75) is 57.5 Å². The van der Waals surface area contributed by atoms with Crippen molar-refractivity contribution in [2.24, 2.45) is 0 Å². The zero-order chi connectivity index (χ0) is 23.0. The van der Waals surface area contributed by atoms with E-state index in [1.165, 1.54) is 24.3 Å². The van der Waals surface area contributed by atoms with Crippen LogP contribution in [0.3, 0.4) is 0 Å². The number of hydrogen-bond donors (Lipinski definition) is 3. The molecule has 0 saturated carbocycles. The fourth-order valence-corrected chi connectivity index (χ4v) is 4.44. The zero-order valence-corrected chi connectivity index (χ0v) is 17.8. The molecule has 0 radical (unpaired) electrons. The number of aromatic nitrogens is 2. The fraction of sp³-hybridized carbons (Fsp3) is 0.429. The molecule has 3 atom stereocenters. The second-order valence-electron chi connectivity index (χ2n) is 8.29. The van der Waals surface area contributed by atoms with Crippen LogP contribution in [-0.4, -0.2) is 38.8 Å². The number of nitro benzene ring substituents is 1. The lowest BCUT2D eigenvalue weighted by Gasteiger charge is -2.39. The maximum absolute atomic E-state index is 13.0. The number of rotatable bonds is 4. The van der Waals surface area contributed by atoms with E-state index >= 15 is 0 Å². The summed E-state index contributed by atoms with van der Waals surface area (Å²) in [5.74, 6) is -1.53. The summed E-state index contributed by atoms with van der Waals surface area (Å²) in [4.78, 5) is 57.8. The largest absolute Gasteiger partial charge is 0.337 e. The third-order valence-corrected chi connectivity index (χ3v) is 6.04. The first-order valence-electron chi connectivity index (χ1n) is 10.5. The molecule has 2 aliphatic rings. The van der Waals surface area contributed by atoms with Gasteiger partial charge in [0, 0.05) is 36.3 Å². The second-order valence-corrected chi connectivity index (χ2v) is 8.29. The number of nitrogens with zero attached hydrogens (tertiary/aromatic N) is 3. The number of aromatic amines is 1. The molecular formula is C21H24N6O5. The van der Waals surface area contributed by atoms with Crippen LogP contribution in [0.25, 0.3) is 0 Å². The summed E-state index contributed by atoms with van der Waals surface area (Å²) in [6.45, 7) is 4.13. The minimum absolute atomic E-state index is 0.0915. The molecule has 1 saturated heterocycles. The van der Waals surface area contributed by atoms with Gasteiger partial charge in [-0.25, -0.2) is 0 Å². The van der Waals surface area contributed by atoms with Crippen LogP contribution in [-0.2, 0) is 9.59 Å². The van der Waals surface area contributed by atoms with E-state index in [0.717, 1.165) is 19.3 Å². The lowest BCUT2D eigenvalue weighted by molar-refractivity contribution is -0.384. The van der Waals surface area contributed by atoms with Crippen molar-refractivity contribution in [2.75, 3.05) is 15.5 Å². The van der Waals surface area contributed by atoms with Gasteiger partial charge in [-0.15, -0.1) is 0 Å². The Bertz CT molecular complexity index is 1120.